The Morgan fingerprint density at radius 2 is 2.20 bits per heavy atom. The highest BCUT2D eigenvalue weighted by Crippen LogP contribution is 2.19. The molecular weight excluding hydrogens is 252 g/mol. The molecule has 1 aromatic rings. The number of carbonyl (C=O) groups excluding carboxylic acids is 1. The molecule has 1 aliphatic heterocycles. The lowest BCUT2D eigenvalue weighted by Crippen LogP contribution is -2.33. The van der Waals surface area contributed by atoms with Crippen LogP contribution in [0.25, 0.3) is 0 Å². The van der Waals surface area contributed by atoms with E-state index in [-0.39, 0.29) is 5.91 Å². The van der Waals surface area contributed by atoms with Gasteiger partial charge in [0.2, 0.25) is 0 Å². The van der Waals surface area contributed by atoms with Gasteiger partial charge in [0.15, 0.2) is 0 Å². The van der Waals surface area contributed by atoms with Crippen LogP contribution in [0, 0.1) is 12.8 Å². The van der Waals surface area contributed by atoms with Gasteiger partial charge in [-0.2, -0.15) is 0 Å². The molecule has 1 aliphatic rings. The Balaban J connectivity index is 1.77. The highest BCUT2D eigenvalue weighted by molar-refractivity contribution is 5.98. The number of nitrogens with zero attached hydrogens (tertiary/aromatic N) is 2. The Bertz CT molecular complexity index is 467. The summed E-state index contributed by atoms with van der Waals surface area (Å²) in [6.45, 7) is 4.89. The largest absolute Gasteiger partial charge is 0.398 e. The van der Waals surface area contributed by atoms with E-state index in [0.717, 1.165) is 31.1 Å². The van der Waals surface area contributed by atoms with Crippen molar-refractivity contribution in [3.8, 4) is 0 Å². The average Bonchev–Trinajstić information content (AvgIpc) is 2.41. The van der Waals surface area contributed by atoms with Crippen LogP contribution < -0.4 is 11.1 Å². The molecule has 5 nitrogen and oxygen atoms in total. The van der Waals surface area contributed by atoms with Gasteiger partial charge in [-0.05, 0) is 58.3 Å². The zero-order valence-corrected chi connectivity index (χ0v) is 12.4. The molecule has 0 radical (unpaired) electrons. The van der Waals surface area contributed by atoms with E-state index in [2.05, 4.69) is 22.2 Å². The number of nitrogens with one attached hydrogen (secondary N) is 1. The van der Waals surface area contributed by atoms with Crippen molar-refractivity contribution < 1.29 is 4.79 Å². The first-order valence-corrected chi connectivity index (χ1v) is 7.25. The normalized spacial score (nSPS) is 17.1. The molecule has 2 heterocycles. The molecule has 3 N–H and O–H groups in total. The molecule has 5 heteroatoms. The van der Waals surface area contributed by atoms with E-state index in [0.29, 0.717) is 17.8 Å². The summed E-state index contributed by atoms with van der Waals surface area (Å²) < 4.78 is 0. The van der Waals surface area contributed by atoms with E-state index < -0.39 is 0 Å². The lowest BCUT2D eigenvalue weighted by molar-refractivity contribution is 0.0949. The third kappa shape index (κ3) is 3.93. The average molecular weight is 276 g/mol. The standard InChI is InChI=1S/C15H24N4O/c1-11-9-14(16)13(10-18-11)15(20)17-6-3-12-4-7-19(2)8-5-12/h9-10,12H,3-8H2,1-2H3,(H2,16,18)(H,17,20). The Morgan fingerprint density at radius 1 is 1.50 bits per heavy atom. The van der Waals surface area contributed by atoms with Crippen LogP contribution in [0.2, 0.25) is 0 Å². The number of nitrogen functional groups attached to an aromatic ring is 1. The van der Waals surface area contributed by atoms with Crippen LogP contribution in [0.5, 0.6) is 0 Å². The van der Waals surface area contributed by atoms with Crippen molar-refractivity contribution in [1.29, 1.82) is 0 Å². The highest BCUT2D eigenvalue weighted by Gasteiger charge is 2.17. The van der Waals surface area contributed by atoms with Crippen LogP contribution in [0.1, 0.15) is 35.3 Å². The molecule has 1 aromatic heterocycles. The highest BCUT2D eigenvalue weighted by atomic mass is 16.1. The van der Waals surface area contributed by atoms with Crippen molar-refractivity contribution in [1.82, 2.24) is 15.2 Å². The minimum absolute atomic E-state index is 0.122. The van der Waals surface area contributed by atoms with Gasteiger partial charge in [0.05, 0.1) is 5.56 Å². The van der Waals surface area contributed by atoms with Crippen molar-refractivity contribution >= 4 is 11.6 Å². The SMILES string of the molecule is Cc1cc(N)c(C(=O)NCCC2CCN(C)CC2)cn1. The number of piperidine rings is 1. The third-order valence-electron chi connectivity index (χ3n) is 3.99. The fourth-order valence-electron chi connectivity index (χ4n) is 2.61. The van der Waals surface area contributed by atoms with Gasteiger partial charge in [0.25, 0.3) is 5.91 Å². The molecule has 110 valence electrons. The summed E-state index contributed by atoms with van der Waals surface area (Å²) in [4.78, 5) is 18.5. The first kappa shape index (κ1) is 14.8. The van der Waals surface area contributed by atoms with E-state index in [1.165, 1.54) is 12.8 Å². The van der Waals surface area contributed by atoms with Gasteiger partial charge < -0.3 is 16.0 Å². The number of anilines is 1. The number of hydrogen-bond acceptors (Lipinski definition) is 4. The molecule has 0 aromatic carbocycles. The quantitative estimate of drug-likeness (QED) is 0.873. The Kier molecular flexibility index (Phi) is 4.95. The topological polar surface area (TPSA) is 71.2 Å². The van der Waals surface area contributed by atoms with Gasteiger partial charge in [-0.25, -0.2) is 0 Å². The minimum Gasteiger partial charge on any atom is -0.398 e. The van der Waals surface area contributed by atoms with E-state index in [9.17, 15) is 4.79 Å². The molecule has 0 bridgehead atoms. The fraction of sp³-hybridized carbons (Fsp3) is 0.600. The molecule has 1 amide bonds. The second-order valence-corrected chi connectivity index (χ2v) is 5.70. The maximum Gasteiger partial charge on any atom is 0.254 e. The Morgan fingerprint density at radius 3 is 2.85 bits per heavy atom. The Hall–Kier alpha value is -1.62. The van der Waals surface area contributed by atoms with Gasteiger partial charge >= 0.3 is 0 Å². The first-order valence-electron chi connectivity index (χ1n) is 7.25. The van der Waals surface area contributed by atoms with Crippen molar-refractivity contribution in [2.45, 2.75) is 26.2 Å². The number of aromatic nitrogens is 1. The predicted molar refractivity (Wildman–Crippen MR) is 80.6 cm³/mol. The van der Waals surface area contributed by atoms with Gasteiger partial charge in [-0.15, -0.1) is 0 Å². The van der Waals surface area contributed by atoms with E-state index in [1.54, 1.807) is 12.3 Å². The molecule has 20 heavy (non-hydrogen) atoms. The molecule has 0 aliphatic carbocycles. The van der Waals surface area contributed by atoms with Crippen LogP contribution >= 0.6 is 0 Å². The van der Waals surface area contributed by atoms with Crippen molar-refractivity contribution in [3.63, 3.8) is 0 Å². The Labute approximate surface area is 120 Å². The summed E-state index contributed by atoms with van der Waals surface area (Å²) >= 11 is 0. The maximum atomic E-state index is 12.0. The summed E-state index contributed by atoms with van der Waals surface area (Å²) in [5.41, 5.74) is 7.64. The molecule has 1 fully saturated rings. The second kappa shape index (κ2) is 6.70. The van der Waals surface area contributed by atoms with Gasteiger partial charge in [-0.3, -0.25) is 9.78 Å². The van der Waals surface area contributed by atoms with Crippen molar-refractivity contribution in [2.75, 3.05) is 32.4 Å². The number of rotatable bonds is 4. The number of carbonyl (C=O) groups is 1. The summed E-state index contributed by atoms with van der Waals surface area (Å²) in [5.74, 6) is 0.600. The number of pyridine rings is 1. The lowest BCUT2D eigenvalue weighted by atomic mass is 9.94. The number of likely N-dealkylation sites (tertiary alicyclic amines) is 1. The van der Waals surface area contributed by atoms with Crippen LogP contribution in [0.3, 0.4) is 0 Å². The van der Waals surface area contributed by atoms with E-state index in [4.69, 9.17) is 5.73 Å². The second-order valence-electron chi connectivity index (χ2n) is 5.70. The first-order chi connectivity index (χ1) is 9.56. The van der Waals surface area contributed by atoms with Crippen LogP contribution in [0.15, 0.2) is 12.3 Å². The molecule has 2 rings (SSSR count). The molecule has 1 saturated heterocycles. The molecule has 0 spiro atoms. The monoisotopic (exact) mass is 276 g/mol. The molecule has 0 unspecified atom stereocenters. The van der Waals surface area contributed by atoms with Crippen LogP contribution in [0.4, 0.5) is 5.69 Å². The molecule has 0 saturated carbocycles. The van der Waals surface area contributed by atoms with Crippen LogP contribution in [-0.4, -0.2) is 42.5 Å². The predicted octanol–water partition coefficient (Wildman–Crippen LogP) is 1.43. The zero-order chi connectivity index (χ0) is 14.5. The van der Waals surface area contributed by atoms with E-state index >= 15 is 0 Å². The zero-order valence-electron chi connectivity index (χ0n) is 12.4. The number of nitrogens with two attached hydrogens (primary N) is 1. The summed E-state index contributed by atoms with van der Waals surface area (Å²) in [7, 11) is 2.16. The lowest BCUT2D eigenvalue weighted by Gasteiger charge is -2.28. The third-order valence-corrected chi connectivity index (χ3v) is 3.99. The summed E-state index contributed by atoms with van der Waals surface area (Å²) in [6.07, 6.45) is 5.04. The smallest absolute Gasteiger partial charge is 0.254 e. The van der Waals surface area contributed by atoms with Gasteiger partial charge in [0.1, 0.15) is 0 Å². The van der Waals surface area contributed by atoms with Crippen LogP contribution in [-0.2, 0) is 0 Å². The van der Waals surface area contributed by atoms with Gasteiger partial charge in [-0.1, -0.05) is 0 Å². The minimum atomic E-state index is -0.122. The van der Waals surface area contributed by atoms with Crippen molar-refractivity contribution in [2.24, 2.45) is 5.92 Å². The fourth-order valence-corrected chi connectivity index (χ4v) is 2.61. The number of aryl methyl sites for hydroxylation is 1. The van der Waals surface area contributed by atoms with Crippen molar-refractivity contribution in [3.05, 3.63) is 23.5 Å². The van der Waals surface area contributed by atoms with E-state index in [1.807, 2.05) is 6.92 Å². The number of hydrogen-bond donors (Lipinski definition) is 2. The molecular formula is C15H24N4O. The van der Waals surface area contributed by atoms with Gasteiger partial charge in [0, 0.05) is 24.1 Å². The number of amides is 1. The summed E-state index contributed by atoms with van der Waals surface area (Å²) in [5, 5.41) is 2.95. The maximum absolute atomic E-state index is 12.0. The molecule has 0 atom stereocenters. The summed E-state index contributed by atoms with van der Waals surface area (Å²) in [6, 6.07) is 1.73.